The second-order valence-electron chi connectivity index (χ2n) is 3.53. The summed E-state index contributed by atoms with van der Waals surface area (Å²) in [6.07, 6.45) is 10.1. The molecule has 0 radical (unpaired) electrons. The molecule has 0 atom stereocenters. The Hall–Kier alpha value is -2.37. The topological polar surface area (TPSA) is 75.6 Å². The lowest BCUT2D eigenvalue weighted by Crippen LogP contribution is -2.20. The Morgan fingerprint density at radius 3 is 3.18 bits per heavy atom. The van der Waals surface area contributed by atoms with Gasteiger partial charge in [0.2, 0.25) is 5.91 Å². The van der Waals surface area contributed by atoms with Gasteiger partial charge in [0, 0.05) is 37.3 Å². The van der Waals surface area contributed by atoms with Crippen LogP contribution in [0.5, 0.6) is 0 Å². The summed E-state index contributed by atoms with van der Waals surface area (Å²) in [5.41, 5.74) is 0.889. The van der Waals surface area contributed by atoms with Gasteiger partial charge < -0.3 is 10.3 Å². The zero-order valence-electron chi connectivity index (χ0n) is 9.42. The summed E-state index contributed by atoms with van der Waals surface area (Å²) in [6, 6.07) is 0. The lowest BCUT2D eigenvalue weighted by molar-refractivity contribution is -0.116. The standard InChI is InChI=1S/C11H13N5O/c1-16-8-9(6-15-16)2-3-11(17)14-7-10-12-4-5-13-10/h2-6,8H,7H2,1H3,(H,12,13)(H,14,17). The van der Waals surface area contributed by atoms with Gasteiger partial charge >= 0.3 is 0 Å². The van der Waals surface area contributed by atoms with Crippen LogP contribution in [-0.2, 0) is 18.4 Å². The summed E-state index contributed by atoms with van der Waals surface area (Å²) in [6.45, 7) is 0.392. The quantitative estimate of drug-likeness (QED) is 0.751. The Labute approximate surface area is 98.4 Å². The number of aromatic nitrogens is 4. The van der Waals surface area contributed by atoms with Crippen LogP contribution in [0.25, 0.3) is 6.08 Å². The Morgan fingerprint density at radius 2 is 2.53 bits per heavy atom. The molecule has 6 nitrogen and oxygen atoms in total. The predicted molar refractivity (Wildman–Crippen MR) is 62.7 cm³/mol. The van der Waals surface area contributed by atoms with Crippen LogP contribution in [0.2, 0.25) is 0 Å². The van der Waals surface area contributed by atoms with Crippen molar-refractivity contribution in [3.05, 3.63) is 42.3 Å². The van der Waals surface area contributed by atoms with Crippen molar-refractivity contribution in [1.82, 2.24) is 25.1 Å². The first-order chi connectivity index (χ1) is 8.24. The maximum absolute atomic E-state index is 11.5. The van der Waals surface area contributed by atoms with Crippen LogP contribution in [-0.4, -0.2) is 25.7 Å². The van der Waals surface area contributed by atoms with E-state index in [-0.39, 0.29) is 5.91 Å². The summed E-state index contributed by atoms with van der Waals surface area (Å²) in [4.78, 5) is 18.4. The first-order valence-electron chi connectivity index (χ1n) is 5.17. The van der Waals surface area contributed by atoms with Crippen molar-refractivity contribution in [3.63, 3.8) is 0 Å². The first kappa shape index (κ1) is 11.1. The number of aryl methyl sites for hydroxylation is 1. The fourth-order valence-electron chi connectivity index (χ4n) is 1.32. The smallest absolute Gasteiger partial charge is 0.244 e. The van der Waals surface area contributed by atoms with Gasteiger partial charge in [-0.05, 0) is 6.08 Å². The zero-order chi connectivity index (χ0) is 12.1. The number of nitrogens with one attached hydrogen (secondary N) is 2. The Kier molecular flexibility index (Phi) is 3.34. The lowest BCUT2D eigenvalue weighted by atomic mass is 10.3. The summed E-state index contributed by atoms with van der Waals surface area (Å²) in [7, 11) is 1.83. The van der Waals surface area contributed by atoms with E-state index in [0.717, 1.165) is 11.4 Å². The number of H-pyrrole nitrogens is 1. The molecule has 2 rings (SSSR count). The van der Waals surface area contributed by atoms with Gasteiger partial charge in [-0.25, -0.2) is 4.98 Å². The highest BCUT2D eigenvalue weighted by molar-refractivity contribution is 5.91. The molecule has 0 unspecified atom stereocenters. The Morgan fingerprint density at radius 1 is 1.65 bits per heavy atom. The Balaban J connectivity index is 1.83. The third-order valence-electron chi connectivity index (χ3n) is 2.14. The minimum absolute atomic E-state index is 0.162. The summed E-state index contributed by atoms with van der Waals surface area (Å²) >= 11 is 0. The fourth-order valence-corrected chi connectivity index (χ4v) is 1.32. The summed E-state index contributed by atoms with van der Waals surface area (Å²) in [5, 5.41) is 6.72. The molecular formula is C11H13N5O. The molecule has 17 heavy (non-hydrogen) atoms. The molecule has 1 amide bonds. The van der Waals surface area contributed by atoms with E-state index in [9.17, 15) is 4.79 Å². The average Bonchev–Trinajstić information content (AvgIpc) is 2.95. The molecule has 2 heterocycles. The number of carbonyl (C=O) groups is 1. The normalized spacial score (nSPS) is 10.9. The summed E-state index contributed by atoms with van der Waals surface area (Å²) in [5.74, 6) is 0.568. The van der Waals surface area contributed by atoms with Crippen molar-refractivity contribution in [2.75, 3.05) is 0 Å². The molecule has 0 aliphatic rings. The molecule has 2 aromatic rings. The van der Waals surface area contributed by atoms with E-state index in [2.05, 4.69) is 20.4 Å². The number of carbonyl (C=O) groups excluding carboxylic acids is 1. The van der Waals surface area contributed by atoms with E-state index >= 15 is 0 Å². The van der Waals surface area contributed by atoms with E-state index < -0.39 is 0 Å². The summed E-state index contributed by atoms with van der Waals surface area (Å²) < 4.78 is 1.68. The van der Waals surface area contributed by atoms with Gasteiger partial charge in [-0.1, -0.05) is 0 Å². The number of hydrogen-bond acceptors (Lipinski definition) is 3. The predicted octanol–water partition coefficient (Wildman–Crippen LogP) is 0.473. The van der Waals surface area contributed by atoms with Crippen molar-refractivity contribution < 1.29 is 4.79 Å². The van der Waals surface area contributed by atoms with Gasteiger partial charge in [0.15, 0.2) is 0 Å². The van der Waals surface area contributed by atoms with Crippen LogP contribution >= 0.6 is 0 Å². The average molecular weight is 231 g/mol. The number of hydrogen-bond donors (Lipinski definition) is 2. The molecule has 0 fully saturated rings. The minimum atomic E-state index is -0.162. The maximum atomic E-state index is 11.5. The largest absolute Gasteiger partial charge is 0.347 e. The number of imidazole rings is 1. The molecule has 88 valence electrons. The fraction of sp³-hybridized carbons (Fsp3) is 0.182. The molecule has 2 aromatic heterocycles. The van der Waals surface area contributed by atoms with E-state index in [1.165, 1.54) is 6.08 Å². The van der Waals surface area contributed by atoms with Gasteiger partial charge in [0.25, 0.3) is 0 Å². The highest BCUT2D eigenvalue weighted by Crippen LogP contribution is 1.98. The molecule has 0 saturated heterocycles. The van der Waals surface area contributed by atoms with Gasteiger partial charge in [-0.3, -0.25) is 9.48 Å². The van der Waals surface area contributed by atoms with Crippen LogP contribution < -0.4 is 5.32 Å². The third kappa shape index (κ3) is 3.30. The highest BCUT2D eigenvalue weighted by atomic mass is 16.1. The monoisotopic (exact) mass is 231 g/mol. The van der Waals surface area contributed by atoms with Crippen molar-refractivity contribution in [1.29, 1.82) is 0 Å². The molecule has 6 heteroatoms. The Bertz CT molecular complexity index is 512. The van der Waals surface area contributed by atoms with Gasteiger partial charge in [-0.2, -0.15) is 5.10 Å². The molecular weight excluding hydrogens is 218 g/mol. The van der Waals surface area contributed by atoms with Crippen LogP contribution in [0.1, 0.15) is 11.4 Å². The van der Waals surface area contributed by atoms with Crippen molar-refractivity contribution in [3.8, 4) is 0 Å². The molecule has 0 aliphatic heterocycles. The SMILES string of the molecule is Cn1cc(C=CC(=O)NCc2ncc[nH]2)cn1. The van der Waals surface area contributed by atoms with Crippen molar-refractivity contribution in [2.24, 2.45) is 7.05 Å². The number of rotatable bonds is 4. The molecule has 0 aliphatic carbocycles. The second kappa shape index (κ2) is 5.11. The van der Waals surface area contributed by atoms with Crippen LogP contribution in [0.15, 0.2) is 30.9 Å². The van der Waals surface area contributed by atoms with Gasteiger partial charge in [0.1, 0.15) is 5.82 Å². The number of nitrogens with zero attached hydrogens (tertiary/aromatic N) is 3. The number of amides is 1. The van der Waals surface area contributed by atoms with Gasteiger partial charge in [-0.15, -0.1) is 0 Å². The highest BCUT2D eigenvalue weighted by Gasteiger charge is 1.98. The zero-order valence-corrected chi connectivity index (χ0v) is 9.42. The molecule has 0 aromatic carbocycles. The third-order valence-corrected chi connectivity index (χ3v) is 2.14. The van der Waals surface area contributed by atoms with Crippen LogP contribution in [0.4, 0.5) is 0 Å². The first-order valence-corrected chi connectivity index (χ1v) is 5.17. The van der Waals surface area contributed by atoms with Crippen molar-refractivity contribution >= 4 is 12.0 Å². The molecule has 0 spiro atoms. The second-order valence-corrected chi connectivity index (χ2v) is 3.53. The molecule has 0 saturated carbocycles. The van der Waals surface area contributed by atoms with E-state index in [1.807, 2.05) is 13.2 Å². The lowest BCUT2D eigenvalue weighted by Gasteiger charge is -1.97. The molecule has 2 N–H and O–H groups in total. The number of aromatic amines is 1. The van der Waals surface area contributed by atoms with Crippen molar-refractivity contribution in [2.45, 2.75) is 6.54 Å². The van der Waals surface area contributed by atoms with Gasteiger partial charge in [0.05, 0.1) is 12.7 Å². The van der Waals surface area contributed by atoms with E-state index in [4.69, 9.17) is 0 Å². The van der Waals surface area contributed by atoms with Crippen LogP contribution in [0, 0.1) is 0 Å². The molecule has 0 bridgehead atoms. The van der Waals surface area contributed by atoms with E-state index in [1.54, 1.807) is 29.3 Å². The van der Waals surface area contributed by atoms with Crippen LogP contribution in [0.3, 0.4) is 0 Å². The van der Waals surface area contributed by atoms with E-state index in [0.29, 0.717) is 6.54 Å². The maximum Gasteiger partial charge on any atom is 0.244 e. The minimum Gasteiger partial charge on any atom is -0.347 e.